The second-order valence-corrected chi connectivity index (χ2v) is 7.30. The third-order valence-electron chi connectivity index (χ3n) is 2.66. The van der Waals surface area contributed by atoms with Gasteiger partial charge in [-0.25, -0.2) is 13.4 Å². The second kappa shape index (κ2) is 6.49. The van der Waals surface area contributed by atoms with Crippen molar-refractivity contribution >= 4 is 10.0 Å². The van der Waals surface area contributed by atoms with Gasteiger partial charge in [-0.15, -0.1) is 0 Å². The minimum Gasteiger partial charge on any atom is -0.332 e. The van der Waals surface area contributed by atoms with Gasteiger partial charge in [-0.05, 0) is 26.9 Å². The van der Waals surface area contributed by atoms with Crippen LogP contribution in [-0.2, 0) is 10.0 Å². The number of nitrogens with zero attached hydrogens (tertiary/aromatic N) is 3. The molecule has 0 amide bonds. The van der Waals surface area contributed by atoms with Gasteiger partial charge in [0.2, 0.25) is 0 Å². The third kappa shape index (κ3) is 4.59. The molecule has 0 fully saturated rings. The predicted molar refractivity (Wildman–Crippen MR) is 75.5 cm³/mol. The summed E-state index contributed by atoms with van der Waals surface area (Å²) in [6, 6.07) is 0. The standard InChI is InChI=1S/C12H24N4O2S/c1-10(2)9-16(7-6-15(4)5)19(17,18)12-8-13-11(3)14-12/h8,10H,6-7,9H2,1-5H3,(H,13,14). The number of aromatic amines is 1. The predicted octanol–water partition coefficient (Wildman–Crippen LogP) is 0.926. The van der Waals surface area contributed by atoms with Gasteiger partial charge in [0.25, 0.3) is 10.0 Å². The summed E-state index contributed by atoms with van der Waals surface area (Å²) < 4.78 is 26.6. The molecular formula is C12H24N4O2S. The largest absolute Gasteiger partial charge is 0.332 e. The Labute approximate surface area is 115 Å². The zero-order valence-electron chi connectivity index (χ0n) is 12.3. The summed E-state index contributed by atoms with van der Waals surface area (Å²) >= 11 is 0. The van der Waals surface area contributed by atoms with Crippen molar-refractivity contribution in [2.75, 3.05) is 33.7 Å². The van der Waals surface area contributed by atoms with Crippen molar-refractivity contribution in [1.29, 1.82) is 0 Å². The molecule has 0 bridgehead atoms. The number of imidazole rings is 1. The highest BCUT2D eigenvalue weighted by atomic mass is 32.2. The molecule has 7 heteroatoms. The van der Waals surface area contributed by atoms with Crippen molar-refractivity contribution in [2.24, 2.45) is 5.92 Å². The maximum atomic E-state index is 12.5. The molecule has 110 valence electrons. The second-order valence-electron chi connectivity index (χ2n) is 5.39. The number of H-pyrrole nitrogens is 1. The zero-order chi connectivity index (χ0) is 14.6. The van der Waals surface area contributed by atoms with Crippen LogP contribution in [-0.4, -0.2) is 61.3 Å². The van der Waals surface area contributed by atoms with E-state index in [1.807, 2.05) is 32.8 Å². The number of rotatable bonds is 7. The van der Waals surface area contributed by atoms with Crippen LogP contribution < -0.4 is 0 Å². The molecule has 1 rings (SSSR count). The molecule has 1 aromatic rings. The maximum Gasteiger partial charge on any atom is 0.260 e. The molecule has 0 aliphatic heterocycles. The van der Waals surface area contributed by atoms with Gasteiger partial charge in [0, 0.05) is 19.6 Å². The lowest BCUT2D eigenvalue weighted by molar-refractivity contribution is 0.312. The molecule has 0 aliphatic carbocycles. The molecule has 0 atom stereocenters. The molecule has 0 radical (unpaired) electrons. The van der Waals surface area contributed by atoms with E-state index in [9.17, 15) is 8.42 Å². The fourth-order valence-electron chi connectivity index (χ4n) is 1.70. The first-order valence-corrected chi connectivity index (χ1v) is 7.84. The molecular weight excluding hydrogens is 264 g/mol. The van der Waals surface area contributed by atoms with Crippen molar-refractivity contribution in [3.8, 4) is 0 Å². The van der Waals surface area contributed by atoms with Crippen LogP contribution in [0.4, 0.5) is 0 Å². The van der Waals surface area contributed by atoms with Crippen molar-refractivity contribution < 1.29 is 8.42 Å². The fourth-order valence-corrected chi connectivity index (χ4v) is 3.25. The number of sulfonamides is 1. The molecule has 1 N–H and O–H groups in total. The van der Waals surface area contributed by atoms with Gasteiger partial charge in [0.1, 0.15) is 5.82 Å². The van der Waals surface area contributed by atoms with Crippen molar-refractivity contribution in [3.63, 3.8) is 0 Å². The number of hydrogen-bond donors (Lipinski definition) is 1. The summed E-state index contributed by atoms with van der Waals surface area (Å²) in [5, 5.41) is 0.171. The fraction of sp³-hybridized carbons (Fsp3) is 0.750. The zero-order valence-corrected chi connectivity index (χ0v) is 13.2. The first kappa shape index (κ1) is 16.1. The normalized spacial score (nSPS) is 12.8. The van der Waals surface area contributed by atoms with E-state index in [4.69, 9.17) is 0 Å². The Morgan fingerprint density at radius 2 is 1.95 bits per heavy atom. The first-order valence-electron chi connectivity index (χ1n) is 6.40. The number of nitrogens with one attached hydrogen (secondary N) is 1. The summed E-state index contributed by atoms with van der Waals surface area (Å²) in [4.78, 5) is 8.74. The van der Waals surface area contributed by atoms with Crippen LogP contribution in [0.25, 0.3) is 0 Å². The van der Waals surface area contributed by atoms with Crippen LogP contribution in [0.2, 0.25) is 0 Å². The number of hydrogen-bond acceptors (Lipinski definition) is 4. The number of aryl methyl sites for hydroxylation is 1. The van der Waals surface area contributed by atoms with E-state index in [2.05, 4.69) is 9.97 Å². The Morgan fingerprint density at radius 3 is 2.37 bits per heavy atom. The molecule has 6 nitrogen and oxygen atoms in total. The summed E-state index contributed by atoms with van der Waals surface area (Å²) in [5.41, 5.74) is 0. The summed E-state index contributed by atoms with van der Waals surface area (Å²) in [5.74, 6) is 0.886. The number of aromatic nitrogens is 2. The smallest absolute Gasteiger partial charge is 0.260 e. The van der Waals surface area contributed by atoms with Crippen molar-refractivity contribution in [1.82, 2.24) is 19.2 Å². The Balaban J connectivity index is 2.94. The Kier molecular flexibility index (Phi) is 5.51. The highest BCUT2D eigenvalue weighted by molar-refractivity contribution is 7.89. The van der Waals surface area contributed by atoms with Gasteiger partial charge in [0.15, 0.2) is 5.03 Å². The highest BCUT2D eigenvalue weighted by Crippen LogP contribution is 2.15. The van der Waals surface area contributed by atoms with Crippen LogP contribution in [0.5, 0.6) is 0 Å². The molecule has 1 aromatic heterocycles. The lowest BCUT2D eigenvalue weighted by Crippen LogP contribution is -2.39. The lowest BCUT2D eigenvalue weighted by atomic mass is 10.2. The van der Waals surface area contributed by atoms with E-state index in [0.29, 0.717) is 25.5 Å². The van der Waals surface area contributed by atoms with E-state index in [0.717, 1.165) is 0 Å². The molecule has 0 saturated heterocycles. The van der Waals surface area contributed by atoms with Crippen LogP contribution in [0.1, 0.15) is 19.7 Å². The SMILES string of the molecule is Cc1ncc(S(=O)(=O)N(CCN(C)C)CC(C)C)[nH]1. The van der Waals surface area contributed by atoms with E-state index in [1.165, 1.54) is 10.5 Å². The average Bonchev–Trinajstić information content (AvgIpc) is 2.70. The minimum atomic E-state index is -3.48. The Morgan fingerprint density at radius 1 is 1.32 bits per heavy atom. The van der Waals surface area contributed by atoms with E-state index in [1.54, 1.807) is 6.92 Å². The van der Waals surface area contributed by atoms with Crippen LogP contribution in [0, 0.1) is 12.8 Å². The van der Waals surface area contributed by atoms with Crippen molar-refractivity contribution in [2.45, 2.75) is 25.8 Å². The minimum absolute atomic E-state index is 0.171. The molecule has 0 aromatic carbocycles. The lowest BCUT2D eigenvalue weighted by Gasteiger charge is -2.24. The summed E-state index contributed by atoms with van der Waals surface area (Å²) in [6.45, 7) is 7.44. The quantitative estimate of drug-likeness (QED) is 0.810. The van der Waals surface area contributed by atoms with Crippen molar-refractivity contribution in [3.05, 3.63) is 12.0 Å². The van der Waals surface area contributed by atoms with Crippen LogP contribution >= 0.6 is 0 Å². The van der Waals surface area contributed by atoms with E-state index in [-0.39, 0.29) is 10.9 Å². The average molecular weight is 288 g/mol. The molecule has 0 spiro atoms. The van der Waals surface area contributed by atoms with Gasteiger partial charge in [-0.3, -0.25) is 0 Å². The van der Waals surface area contributed by atoms with Gasteiger partial charge >= 0.3 is 0 Å². The third-order valence-corrected chi connectivity index (χ3v) is 4.44. The van der Waals surface area contributed by atoms with Gasteiger partial charge in [0.05, 0.1) is 6.20 Å². The molecule has 0 unspecified atom stereocenters. The molecule has 1 heterocycles. The molecule has 0 aliphatic rings. The summed E-state index contributed by atoms with van der Waals surface area (Å²) in [7, 11) is 0.380. The van der Waals surface area contributed by atoms with E-state index >= 15 is 0 Å². The van der Waals surface area contributed by atoms with Gasteiger partial charge in [-0.1, -0.05) is 13.8 Å². The monoisotopic (exact) mass is 288 g/mol. The topological polar surface area (TPSA) is 69.3 Å². The molecule has 0 saturated carbocycles. The van der Waals surface area contributed by atoms with Crippen LogP contribution in [0.15, 0.2) is 11.2 Å². The first-order chi connectivity index (χ1) is 8.73. The Bertz CT molecular complexity index is 494. The number of likely N-dealkylation sites (N-methyl/N-ethyl adjacent to an activating group) is 1. The highest BCUT2D eigenvalue weighted by Gasteiger charge is 2.26. The Hall–Kier alpha value is -0.920. The van der Waals surface area contributed by atoms with Gasteiger partial charge < -0.3 is 9.88 Å². The summed E-state index contributed by atoms with van der Waals surface area (Å²) in [6.07, 6.45) is 1.38. The van der Waals surface area contributed by atoms with E-state index < -0.39 is 10.0 Å². The van der Waals surface area contributed by atoms with Gasteiger partial charge in [-0.2, -0.15) is 4.31 Å². The molecule has 19 heavy (non-hydrogen) atoms. The maximum absolute atomic E-state index is 12.5. The van der Waals surface area contributed by atoms with Crippen LogP contribution in [0.3, 0.4) is 0 Å².